The number of hydrogen-bond acceptors (Lipinski definition) is 5. The van der Waals surface area contributed by atoms with E-state index in [1.54, 1.807) is 36.7 Å². The van der Waals surface area contributed by atoms with Crippen molar-refractivity contribution in [2.75, 3.05) is 16.8 Å². The molecule has 0 bridgehead atoms. The number of amides is 1. The van der Waals surface area contributed by atoms with Crippen molar-refractivity contribution in [2.24, 2.45) is 0 Å². The summed E-state index contributed by atoms with van der Waals surface area (Å²) in [5.74, 6) is -0.104. The highest BCUT2D eigenvalue weighted by atomic mass is 32.2. The normalized spacial score (nSPS) is 18.9. The third-order valence-corrected chi connectivity index (χ3v) is 7.77. The molecule has 1 atom stereocenters. The highest BCUT2D eigenvalue weighted by Gasteiger charge is 2.31. The molecule has 0 radical (unpaired) electrons. The first-order valence-corrected chi connectivity index (χ1v) is 11.1. The van der Waals surface area contributed by atoms with Crippen LogP contribution < -0.4 is 5.32 Å². The molecule has 2 aromatic heterocycles. The number of thiophene rings is 1. The SMILES string of the molecule is Cc1cc(NC(=O)c2sc3cccc(F)c3c2C)n(C2CCS(=O)(=O)C2)n1. The van der Waals surface area contributed by atoms with E-state index < -0.39 is 9.84 Å². The molecule has 1 aliphatic rings. The van der Waals surface area contributed by atoms with Crippen LogP contribution in [0.3, 0.4) is 0 Å². The number of aromatic nitrogens is 2. The van der Waals surface area contributed by atoms with Crippen molar-refractivity contribution in [2.45, 2.75) is 26.3 Å². The van der Waals surface area contributed by atoms with Crippen LogP contribution in [0.2, 0.25) is 0 Å². The van der Waals surface area contributed by atoms with Crippen LogP contribution in [0.15, 0.2) is 24.3 Å². The summed E-state index contributed by atoms with van der Waals surface area (Å²) in [7, 11) is -3.07. The number of benzene rings is 1. The van der Waals surface area contributed by atoms with Gasteiger partial charge in [-0.2, -0.15) is 5.10 Å². The van der Waals surface area contributed by atoms with Gasteiger partial charge in [0.2, 0.25) is 0 Å². The van der Waals surface area contributed by atoms with E-state index in [0.29, 0.717) is 38.5 Å². The zero-order valence-corrected chi connectivity index (χ0v) is 16.5. The van der Waals surface area contributed by atoms with E-state index in [0.717, 1.165) is 0 Å². The lowest BCUT2D eigenvalue weighted by atomic mass is 10.1. The van der Waals surface area contributed by atoms with E-state index in [9.17, 15) is 17.6 Å². The number of carbonyl (C=O) groups is 1. The number of rotatable bonds is 3. The Morgan fingerprint density at radius 3 is 2.81 bits per heavy atom. The van der Waals surface area contributed by atoms with Crippen LogP contribution in [0, 0.1) is 19.7 Å². The number of fused-ring (bicyclic) bond motifs is 1. The largest absolute Gasteiger partial charge is 0.306 e. The van der Waals surface area contributed by atoms with Gasteiger partial charge in [-0.05, 0) is 38.0 Å². The standard InChI is InChI=1S/C18H18FN3O3S2/c1-10-8-15(22(21-10)12-6-7-27(24,25)9-12)20-18(23)17-11(2)16-13(19)4-3-5-14(16)26-17/h3-5,8,12H,6-7,9H2,1-2H3,(H,20,23). The van der Waals surface area contributed by atoms with Crippen molar-refractivity contribution in [3.8, 4) is 0 Å². The zero-order valence-electron chi connectivity index (χ0n) is 14.8. The second kappa shape index (κ2) is 6.42. The van der Waals surface area contributed by atoms with Crippen molar-refractivity contribution < 1.29 is 17.6 Å². The van der Waals surface area contributed by atoms with Crippen molar-refractivity contribution in [1.29, 1.82) is 0 Å². The van der Waals surface area contributed by atoms with Crippen LogP contribution >= 0.6 is 11.3 Å². The number of carbonyl (C=O) groups excluding carboxylic acids is 1. The van der Waals surface area contributed by atoms with Crippen LogP contribution in [0.4, 0.5) is 10.2 Å². The molecule has 142 valence electrons. The molecule has 27 heavy (non-hydrogen) atoms. The summed E-state index contributed by atoms with van der Waals surface area (Å²) in [6, 6.07) is 6.20. The molecule has 6 nitrogen and oxygen atoms in total. The third-order valence-electron chi connectivity index (χ3n) is 4.76. The average molecular weight is 407 g/mol. The fraction of sp³-hybridized carbons (Fsp3) is 0.333. The van der Waals surface area contributed by atoms with Crippen molar-refractivity contribution in [3.63, 3.8) is 0 Å². The number of halogens is 1. The predicted octanol–water partition coefficient (Wildman–Crippen LogP) is 3.47. The summed E-state index contributed by atoms with van der Waals surface area (Å²) in [6.45, 7) is 3.51. The second-order valence-electron chi connectivity index (χ2n) is 6.80. The van der Waals surface area contributed by atoms with E-state index >= 15 is 0 Å². The quantitative estimate of drug-likeness (QED) is 0.721. The molecule has 0 aliphatic carbocycles. The number of sulfone groups is 1. The number of aryl methyl sites for hydroxylation is 2. The van der Waals surface area contributed by atoms with E-state index in [2.05, 4.69) is 10.4 Å². The molecule has 1 fully saturated rings. The molecular weight excluding hydrogens is 389 g/mol. The summed E-state index contributed by atoms with van der Waals surface area (Å²) in [4.78, 5) is 13.3. The maximum atomic E-state index is 14.1. The molecule has 1 aliphatic heterocycles. The van der Waals surface area contributed by atoms with Crippen LogP contribution in [-0.2, 0) is 9.84 Å². The fourth-order valence-electron chi connectivity index (χ4n) is 3.50. The number of anilines is 1. The van der Waals surface area contributed by atoms with Gasteiger partial charge in [-0.1, -0.05) is 6.07 Å². The summed E-state index contributed by atoms with van der Waals surface area (Å²) in [5.41, 5.74) is 1.28. The van der Waals surface area contributed by atoms with E-state index in [-0.39, 0.29) is 29.3 Å². The zero-order chi connectivity index (χ0) is 19.3. The van der Waals surface area contributed by atoms with Crippen molar-refractivity contribution in [3.05, 3.63) is 46.2 Å². The Balaban J connectivity index is 1.67. The Morgan fingerprint density at radius 2 is 2.15 bits per heavy atom. The molecule has 0 spiro atoms. The predicted molar refractivity (Wildman–Crippen MR) is 104 cm³/mol. The van der Waals surface area contributed by atoms with Gasteiger partial charge >= 0.3 is 0 Å². The monoisotopic (exact) mass is 407 g/mol. The van der Waals surface area contributed by atoms with Gasteiger partial charge in [-0.15, -0.1) is 11.3 Å². The molecule has 3 aromatic rings. The third kappa shape index (κ3) is 3.25. The summed E-state index contributed by atoms with van der Waals surface area (Å²) in [5, 5.41) is 7.65. The molecule has 9 heteroatoms. The first-order chi connectivity index (χ1) is 12.7. The summed E-state index contributed by atoms with van der Waals surface area (Å²) in [6.07, 6.45) is 0.472. The van der Waals surface area contributed by atoms with E-state index in [1.165, 1.54) is 17.4 Å². The van der Waals surface area contributed by atoms with Gasteiger partial charge in [0.25, 0.3) is 5.91 Å². The molecule has 1 amide bonds. The highest BCUT2D eigenvalue weighted by molar-refractivity contribution is 7.91. The first-order valence-electron chi connectivity index (χ1n) is 8.51. The topological polar surface area (TPSA) is 81.1 Å². The van der Waals surface area contributed by atoms with Gasteiger partial charge in [-0.25, -0.2) is 17.5 Å². The summed E-state index contributed by atoms with van der Waals surface area (Å²) < 4.78 is 40.0. The average Bonchev–Trinajstić information content (AvgIpc) is 3.23. The lowest BCUT2D eigenvalue weighted by Gasteiger charge is -2.13. The maximum Gasteiger partial charge on any atom is 0.267 e. The van der Waals surface area contributed by atoms with Gasteiger partial charge in [0.05, 0.1) is 28.1 Å². The molecular formula is C18H18FN3O3S2. The lowest BCUT2D eigenvalue weighted by molar-refractivity contribution is 0.102. The Bertz CT molecular complexity index is 1160. The van der Waals surface area contributed by atoms with Crippen LogP contribution in [0.25, 0.3) is 10.1 Å². The van der Waals surface area contributed by atoms with Gasteiger partial charge in [0.1, 0.15) is 11.6 Å². The fourth-order valence-corrected chi connectivity index (χ4v) is 6.31. The smallest absolute Gasteiger partial charge is 0.267 e. The minimum Gasteiger partial charge on any atom is -0.306 e. The Morgan fingerprint density at radius 1 is 1.37 bits per heavy atom. The maximum absolute atomic E-state index is 14.1. The second-order valence-corrected chi connectivity index (χ2v) is 10.1. The molecule has 4 rings (SSSR count). The number of nitrogens with one attached hydrogen (secondary N) is 1. The Labute approximate surface area is 159 Å². The molecule has 1 N–H and O–H groups in total. The van der Waals surface area contributed by atoms with Gasteiger partial charge in [0, 0.05) is 16.2 Å². The van der Waals surface area contributed by atoms with Crippen molar-refractivity contribution >= 4 is 43.0 Å². The van der Waals surface area contributed by atoms with Crippen LogP contribution in [-0.4, -0.2) is 35.6 Å². The van der Waals surface area contributed by atoms with E-state index in [4.69, 9.17) is 0 Å². The van der Waals surface area contributed by atoms with Crippen LogP contribution in [0.5, 0.6) is 0 Å². The van der Waals surface area contributed by atoms with E-state index in [1.807, 2.05) is 0 Å². The molecule has 1 saturated heterocycles. The minimum absolute atomic E-state index is 0.0180. The van der Waals surface area contributed by atoms with Gasteiger partial charge < -0.3 is 5.32 Å². The van der Waals surface area contributed by atoms with Gasteiger partial charge in [-0.3, -0.25) is 4.79 Å². The van der Waals surface area contributed by atoms with Crippen molar-refractivity contribution in [1.82, 2.24) is 9.78 Å². The lowest BCUT2D eigenvalue weighted by Crippen LogP contribution is -2.19. The first kappa shape index (κ1) is 18.1. The molecule has 0 saturated carbocycles. The van der Waals surface area contributed by atoms with Crippen LogP contribution in [0.1, 0.15) is 33.4 Å². The summed E-state index contributed by atoms with van der Waals surface area (Å²) >= 11 is 1.23. The number of nitrogens with zero attached hydrogens (tertiary/aromatic N) is 2. The minimum atomic E-state index is -3.07. The number of hydrogen-bond donors (Lipinski definition) is 1. The van der Waals surface area contributed by atoms with Gasteiger partial charge in [0.15, 0.2) is 9.84 Å². The highest BCUT2D eigenvalue weighted by Crippen LogP contribution is 2.33. The Hall–Kier alpha value is -2.26. The molecule has 3 heterocycles. The molecule has 1 unspecified atom stereocenters. The molecule has 1 aromatic carbocycles. The Kier molecular flexibility index (Phi) is 4.31.